The van der Waals surface area contributed by atoms with Crippen LogP contribution in [0, 0.1) is 12.3 Å². The molecular formula is C16H26N2O. The molecule has 1 rings (SSSR count). The van der Waals surface area contributed by atoms with Crippen molar-refractivity contribution in [1.82, 2.24) is 5.32 Å². The number of anilines is 1. The van der Waals surface area contributed by atoms with Crippen LogP contribution in [0.4, 0.5) is 5.69 Å². The summed E-state index contributed by atoms with van der Waals surface area (Å²) >= 11 is 0. The molecule has 0 spiro atoms. The highest BCUT2D eigenvalue weighted by Gasteiger charge is 2.13. The van der Waals surface area contributed by atoms with Crippen molar-refractivity contribution in [3.05, 3.63) is 29.3 Å². The lowest BCUT2D eigenvalue weighted by Crippen LogP contribution is -2.28. The van der Waals surface area contributed by atoms with E-state index in [2.05, 4.69) is 31.4 Å². The summed E-state index contributed by atoms with van der Waals surface area (Å²) in [7, 11) is 0. The molecule has 0 unspecified atom stereocenters. The minimum Gasteiger partial charge on any atom is -0.385 e. The van der Waals surface area contributed by atoms with Crippen molar-refractivity contribution < 1.29 is 4.79 Å². The Morgan fingerprint density at radius 3 is 2.53 bits per heavy atom. The Bertz CT molecular complexity index is 433. The van der Waals surface area contributed by atoms with E-state index in [4.69, 9.17) is 0 Å². The van der Waals surface area contributed by atoms with Crippen molar-refractivity contribution in [3.63, 3.8) is 0 Å². The fourth-order valence-electron chi connectivity index (χ4n) is 1.84. The summed E-state index contributed by atoms with van der Waals surface area (Å²) in [6.45, 7) is 12.1. The number of benzene rings is 1. The fourth-order valence-corrected chi connectivity index (χ4v) is 1.84. The number of hydrogen-bond donors (Lipinski definition) is 2. The first kappa shape index (κ1) is 15.5. The SMILES string of the molecule is CCNc1ccc(C)cc1C(=O)NCCC(C)(C)C. The molecule has 0 aliphatic carbocycles. The van der Waals surface area contributed by atoms with Crippen LogP contribution < -0.4 is 10.6 Å². The van der Waals surface area contributed by atoms with Gasteiger partial charge in [0.2, 0.25) is 0 Å². The van der Waals surface area contributed by atoms with Crippen LogP contribution in [-0.2, 0) is 0 Å². The van der Waals surface area contributed by atoms with Gasteiger partial charge in [0.25, 0.3) is 5.91 Å². The maximum Gasteiger partial charge on any atom is 0.253 e. The molecule has 0 fully saturated rings. The molecule has 106 valence electrons. The van der Waals surface area contributed by atoms with Gasteiger partial charge in [0.1, 0.15) is 0 Å². The summed E-state index contributed by atoms with van der Waals surface area (Å²) in [6, 6.07) is 5.92. The fraction of sp³-hybridized carbons (Fsp3) is 0.562. The number of aryl methyl sites for hydroxylation is 1. The molecule has 0 aliphatic rings. The first-order valence-electron chi connectivity index (χ1n) is 6.96. The van der Waals surface area contributed by atoms with Crippen molar-refractivity contribution in [2.45, 2.75) is 41.0 Å². The van der Waals surface area contributed by atoms with Crippen molar-refractivity contribution >= 4 is 11.6 Å². The summed E-state index contributed by atoms with van der Waals surface area (Å²) in [5.74, 6) is 0.00361. The van der Waals surface area contributed by atoms with Gasteiger partial charge in [0, 0.05) is 18.8 Å². The zero-order valence-corrected chi connectivity index (χ0v) is 12.8. The van der Waals surface area contributed by atoms with E-state index >= 15 is 0 Å². The Labute approximate surface area is 116 Å². The van der Waals surface area contributed by atoms with E-state index in [-0.39, 0.29) is 11.3 Å². The van der Waals surface area contributed by atoms with Crippen LogP contribution >= 0.6 is 0 Å². The molecular weight excluding hydrogens is 236 g/mol. The van der Waals surface area contributed by atoms with Crippen molar-refractivity contribution in [3.8, 4) is 0 Å². The predicted octanol–water partition coefficient (Wildman–Crippen LogP) is 3.59. The van der Waals surface area contributed by atoms with Crippen molar-refractivity contribution in [2.75, 3.05) is 18.4 Å². The van der Waals surface area contributed by atoms with E-state index in [1.54, 1.807) is 0 Å². The van der Waals surface area contributed by atoms with Crippen molar-refractivity contribution in [1.29, 1.82) is 0 Å². The molecule has 1 amide bonds. The minimum atomic E-state index is 0.00361. The van der Waals surface area contributed by atoms with E-state index in [9.17, 15) is 4.79 Å². The van der Waals surface area contributed by atoms with E-state index in [0.717, 1.165) is 29.8 Å². The predicted molar refractivity (Wildman–Crippen MR) is 81.7 cm³/mol. The zero-order valence-electron chi connectivity index (χ0n) is 12.8. The number of carbonyl (C=O) groups is 1. The van der Waals surface area contributed by atoms with Crippen LogP contribution in [0.5, 0.6) is 0 Å². The van der Waals surface area contributed by atoms with Gasteiger partial charge in [-0.25, -0.2) is 0 Å². The van der Waals surface area contributed by atoms with Crippen LogP contribution in [0.1, 0.15) is 50.0 Å². The van der Waals surface area contributed by atoms with Gasteiger partial charge in [0.05, 0.1) is 5.56 Å². The van der Waals surface area contributed by atoms with Crippen LogP contribution in [0.2, 0.25) is 0 Å². The van der Waals surface area contributed by atoms with Gasteiger partial charge in [0.15, 0.2) is 0 Å². The van der Waals surface area contributed by atoms with Gasteiger partial charge in [-0.1, -0.05) is 32.4 Å². The topological polar surface area (TPSA) is 41.1 Å². The molecule has 3 nitrogen and oxygen atoms in total. The molecule has 0 saturated carbocycles. The monoisotopic (exact) mass is 262 g/mol. The summed E-state index contributed by atoms with van der Waals surface area (Å²) < 4.78 is 0. The second-order valence-electron chi connectivity index (χ2n) is 6.15. The number of hydrogen-bond acceptors (Lipinski definition) is 2. The molecule has 2 N–H and O–H groups in total. The lowest BCUT2D eigenvalue weighted by atomic mass is 9.92. The molecule has 0 aromatic heterocycles. The molecule has 3 heteroatoms. The lowest BCUT2D eigenvalue weighted by Gasteiger charge is -2.18. The number of rotatable bonds is 5. The quantitative estimate of drug-likeness (QED) is 0.851. The van der Waals surface area contributed by atoms with Crippen LogP contribution in [-0.4, -0.2) is 19.0 Å². The average molecular weight is 262 g/mol. The molecule has 0 bridgehead atoms. The summed E-state index contributed by atoms with van der Waals surface area (Å²) in [5, 5.41) is 6.23. The zero-order chi connectivity index (χ0) is 14.5. The third-order valence-electron chi connectivity index (χ3n) is 2.95. The van der Waals surface area contributed by atoms with Gasteiger partial charge in [-0.15, -0.1) is 0 Å². The van der Waals surface area contributed by atoms with Gasteiger partial charge < -0.3 is 10.6 Å². The Balaban J connectivity index is 2.72. The lowest BCUT2D eigenvalue weighted by molar-refractivity contribution is 0.0950. The molecule has 0 aliphatic heterocycles. The van der Waals surface area contributed by atoms with Gasteiger partial charge in [-0.2, -0.15) is 0 Å². The third-order valence-corrected chi connectivity index (χ3v) is 2.95. The Hall–Kier alpha value is -1.51. The second kappa shape index (κ2) is 6.60. The van der Waals surface area contributed by atoms with Gasteiger partial charge in [-0.05, 0) is 37.8 Å². The highest BCUT2D eigenvalue weighted by atomic mass is 16.1. The number of carbonyl (C=O) groups excluding carboxylic acids is 1. The van der Waals surface area contributed by atoms with Crippen molar-refractivity contribution in [2.24, 2.45) is 5.41 Å². The maximum atomic E-state index is 12.2. The highest BCUT2D eigenvalue weighted by molar-refractivity contribution is 5.99. The Morgan fingerprint density at radius 2 is 1.95 bits per heavy atom. The standard InChI is InChI=1S/C16H26N2O/c1-6-17-14-8-7-12(2)11-13(14)15(19)18-10-9-16(3,4)5/h7-8,11,17H,6,9-10H2,1-5H3,(H,18,19). The minimum absolute atomic E-state index is 0.00361. The summed E-state index contributed by atoms with van der Waals surface area (Å²) in [5.41, 5.74) is 2.98. The van der Waals surface area contributed by atoms with E-state index in [1.165, 1.54) is 0 Å². The average Bonchev–Trinajstić information content (AvgIpc) is 2.30. The number of amides is 1. The summed E-state index contributed by atoms with van der Waals surface area (Å²) in [6.07, 6.45) is 0.973. The Morgan fingerprint density at radius 1 is 1.26 bits per heavy atom. The molecule has 0 atom stereocenters. The highest BCUT2D eigenvalue weighted by Crippen LogP contribution is 2.19. The van der Waals surface area contributed by atoms with Crippen LogP contribution in [0.25, 0.3) is 0 Å². The largest absolute Gasteiger partial charge is 0.385 e. The third kappa shape index (κ3) is 5.33. The molecule has 0 heterocycles. The first-order valence-corrected chi connectivity index (χ1v) is 6.96. The molecule has 19 heavy (non-hydrogen) atoms. The smallest absolute Gasteiger partial charge is 0.253 e. The van der Waals surface area contributed by atoms with Gasteiger partial charge in [-0.3, -0.25) is 4.79 Å². The van der Waals surface area contributed by atoms with E-state index in [1.807, 2.05) is 32.0 Å². The Kier molecular flexibility index (Phi) is 5.40. The second-order valence-corrected chi connectivity index (χ2v) is 6.15. The van der Waals surface area contributed by atoms with Gasteiger partial charge >= 0.3 is 0 Å². The van der Waals surface area contributed by atoms with Crippen LogP contribution in [0.3, 0.4) is 0 Å². The maximum absolute atomic E-state index is 12.2. The molecule has 0 saturated heterocycles. The normalized spacial score (nSPS) is 11.2. The van der Waals surface area contributed by atoms with Crippen LogP contribution in [0.15, 0.2) is 18.2 Å². The molecule has 1 aromatic rings. The molecule has 1 aromatic carbocycles. The van der Waals surface area contributed by atoms with E-state index < -0.39 is 0 Å². The molecule has 0 radical (unpaired) electrons. The number of nitrogens with one attached hydrogen (secondary N) is 2. The summed E-state index contributed by atoms with van der Waals surface area (Å²) in [4.78, 5) is 12.2. The first-order chi connectivity index (χ1) is 8.83. The van der Waals surface area contributed by atoms with E-state index in [0.29, 0.717) is 6.54 Å².